The fourth-order valence-corrected chi connectivity index (χ4v) is 2.76. The number of nitrogens with zero attached hydrogens (tertiary/aromatic N) is 1. The molecule has 0 atom stereocenters. The lowest BCUT2D eigenvalue weighted by Gasteiger charge is -2.29. The minimum atomic E-state index is -0.235. The monoisotopic (exact) mass is 362 g/mol. The Labute approximate surface area is 158 Å². The maximum atomic E-state index is 12.2. The van der Waals surface area contributed by atoms with Gasteiger partial charge in [-0.2, -0.15) is 0 Å². The quantitative estimate of drug-likeness (QED) is 0.647. The molecule has 1 aliphatic heterocycles. The third-order valence-electron chi connectivity index (χ3n) is 4.10. The minimum Gasteiger partial charge on any atom is -0.481 e. The Morgan fingerprint density at radius 3 is 2.70 bits per heavy atom. The van der Waals surface area contributed by atoms with Crippen LogP contribution in [0.15, 0.2) is 60.7 Å². The molecule has 0 aromatic heterocycles. The van der Waals surface area contributed by atoms with Crippen molar-refractivity contribution in [2.45, 2.75) is 13.8 Å². The van der Waals surface area contributed by atoms with E-state index in [1.54, 1.807) is 29.2 Å². The molecule has 3 rings (SSSR count). The molecule has 0 aliphatic carbocycles. The Morgan fingerprint density at radius 2 is 2.00 bits per heavy atom. The highest BCUT2D eigenvalue weighted by molar-refractivity contribution is 6.03. The van der Waals surface area contributed by atoms with E-state index in [0.717, 1.165) is 11.1 Å². The summed E-state index contributed by atoms with van der Waals surface area (Å²) in [5.41, 5.74) is 4.30. The number of rotatable bonds is 5. The normalized spacial score (nSPS) is 13.3. The highest BCUT2D eigenvalue weighted by Gasteiger charge is 2.25. The molecule has 138 valence electrons. The van der Waals surface area contributed by atoms with Crippen LogP contribution in [0.2, 0.25) is 0 Å². The summed E-state index contributed by atoms with van der Waals surface area (Å²) < 4.78 is 5.52. The summed E-state index contributed by atoms with van der Waals surface area (Å²) in [6, 6.07) is 13.2. The summed E-state index contributed by atoms with van der Waals surface area (Å²) in [7, 11) is 0. The molecule has 2 aromatic rings. The zero-order valence-electron chi connectivity index (χ0n) is 15.5. The van der Waals surface area contributed by atoms with Crippen molar-refractivity contribution in [3.63, 3.8) is 0 Å². The van der Waals surface area contributed by atoms with E-state index in [4.69, 9.17) is 4.74 Å². The standard InChI is InChI=1S/C22H22N2O3/c1-15(2)13-24-19-10-9-18(12-20(19)27-14-22(24)26)23-21(25)11-8-17-6-4-16(3)5-7-17/h4-12H,1,13-14H2,2-3H3,(H,23,25)/b11-8+. The molecule has 0 saturated carbocycles. The van der Waals surface area contributed by atoms with E-state index in [9.17, 15) is 9.59 Å². The molecular weight excluding hydrogens is 340 g/mol. The molecule has 0 bridgehead atoms. The van der Waals surface area contributed by atoms with Gasteiger partial charge in [0.15, 0.2) is 6.61 Å². The maximum absolute atomic E-state index is 12.2. The maximum Gasteiger partial charge on any atom is 0.265 e. The molecule has 0 saturated heterocycles. The Kier molecular flexibility index (Phi) is 5.41. The predicted molar refractivity (Wildman–Crippen MR) is 108 cm³/mol. The third-order valence-corrected chi connectivity index (χ3v) is 4.10. The highest BCUT2D eigenvalue weighted by Crippen LogP contribution is 2.34. The summed E-state index contributed by atoms with van der Waals surface area (Å²) in [5.74, 6) is 0.223. The molecule has 2 aromatic carbocycles. The summed E-state index contributed by atoms with van der Waals surface area (Å²) in [4.78, 5) is 25.9. The fourth-order valence-electron chi connectivity index (χ4n) is 2.76. The number of hydrogen-bond acceptors (Lipinski definition) is 3. The van der Waals surface area contributed by atoms with Gasteiger partial charge in [0.05, 0.1) is 5.69 Å². The number of fused-ring (bicyclic) bond motifs is 1. The minimum absolute atomic E-state index is 0.0228. The third kappa shape index (κ3) is 4.64. The number of anilines is 2. The number of amides is 2. The van der Waals surface area contributed by atoms with Crippen molar-refractivity contribution < 1.29 is 14.3 Å². The van der Waals surface area contributed by atoms with Gasteiger partial charge in [0.1, 0.15) is 5.75 Å². The van der Waals surface area contributed by atoms with Crippen molar-refractivity contribution >= 4 is 29.3 Å². The van der Waals surface area contributed by atoms with E-state index in [0.29, 0.717) is 23.7 Å². The first-order chi connectivity index (χ1) is 12.9. The van der Waals surface area contributed by atoms with Crippen LogP contribution in [0.5, 0.6) is 5.75 Å². The smallest absolute Gasteiger partial charge is 0.265 e. The van der Waals surface area contributed by atoms with Gasteiger partial charge in [-0.1, -0.05) is 42.0 Å². The molecule has 5 nitrogen and oxygen atoms in total. The lowest BCUT2D eigenvalue weighted by molar-refractivity contribution is -0.121. The Balaban J connectivity index is 1.71. The van der Waals surface area contributed by atoms with Crippen molar-refractivity contribution in [3.8, 4) is 5.75 Å². The summed E-state index contributed by atoms with van der Waals surface area (Å²) >= 11 is 0. The van der Waals surface area contributed by atoms with E-state index in [-0.39, 0.29) is 18.4 Å². The Bertz CT molecular complexity index is 914. The molecular formula is C22H22N2O3. The van der Waals surface area contributed by atoms with Gasteiger partial charge in [0.25, 0.3) is 5.91 Å². The number of ether oxygens (including phenoxy) is 1. The van der Waals surface area contributed by atoms with Crippen molar-refractivity contribution in [2.75, 3.05) is 23.4 Å². The first kappa shape index (κ1) is 18.5. The van der Waals surface area contributed by atoms with Crippen LogP contribution in [0.25, 0.3) is 6.08 Å². The zero-order chi connectivity index (χ0) is 19.4. The largest absolute Gasteiger partial charge is 0.481 e. The number of hydrogen-bond donors (Lipinski definition) is 1. The molecule has 5 heteroatoms. The summed E-state index contributed by atoms with van der Waals surface area (Å²) in [6.45, 7) is 8.18. The lowest BCUT2D eigenvalue weighted by Crippen LogP contribution is -2.39. The van der Waals surface area contributed by atoms with Crippen LogP contribution >= 0.6 is 0 Å². The van der Waals surface area contributed by atoms with Gasteiger partial charge in [0, 0.05) is 24.4 Å². The number of carbonyl (C=O) groups is 2. The fraction of sp³-hybridized carbons (Fsp3) is 0.182. The van der Waals surface area contributed by atoms with Crippen molar-refractivity contribution in [2.24, 2.45) is 0 Å². The molecule has 0 radical (unpaired) electrons. The van der Waals surface area contributed by atoms with E-state index >= 15 is 0 Å². The molecule has 1 N–H and O–H groups in total. The zero-order valence-corrected chi connectivity index (χ0v) is 15.5. The number of aryl methyl sites for hydroxylation is 1. The van der Waals surface area contributed by atoms with E-state index in [1.165, 1.54) is 11.6 Å². The van der Waals surface area contributed by atoms with Crippen molar-refractivity contribution in [1.82, 2.24) is 0 Å². The predicted octanol–water partition coefficient (Wildman–Crippen LogP) is 3.95. The van der Waals surface area contributed by atoms with Gasteiger partial charge in [-0.3, -0.25) is 9.59 Å². The van der Waals surface area contributed by atoms with Gasteiger partial charge in [0.2, 0.25) is 5.91 Å². The van der Waals surface area contributed by atoms with Crippen LogP contribution in [0.4, 0.5) is 11.4 Å². The Hall–Kier alpha value is -3.34. The lowest BCUT2D eigenvalue weighted by atomic mass is 10.1. The SMILES string of the molecule is C=C(C)CN1C(=O)COc2cc(NC(=O)/C=C/c3ccc(C)cc3)ccc21. The van der Waals surface area contributed by atoms with Crippen LogP contribution in [0.1, 0.15) is 18.1 Å². The molecule has 0 fully saturated rings. The van der Waals surface area contributed by atoms with Crippen molar-refractivity contribution in [3.05, 3.63) is 71.8 Å². The summed E-state index contributed by atoms with van der Waals surface area (Å²) in [5, 5.41) is 2.81. The van der Waals surface area contributed by atoms with Gasteiger partial charge in [-0.15, -0.1) is 0 Å². The average Bonchev–Trinajstić information content (AvgIpc) is 2.63. The van der Waals surface area contributed by atoms with Crippen LogP contribution in [0.3, 0.4) is 0 Å². The molecule has 0 spiro atoms. The second-order valence-corrected chi connectivity index (χ2v) is 6.64. The Morgan fingerprint density at radius 1 is 1.26 bits per heavy atom. The number of carbonyl (C=O) groups excluding carboxylic acids is 2. The molecule has 1 aliphatic rings. The van der Waals surface area contributed by atoms with Crippen LogP contribution in [0, 0.1) is 6.92 Å². The van der Waals surface area contributed by atoms with Gasteiger partial charge >= 0.3 is 0 Å². The van der Waals surface area contributed by atoms with Gasteiger partial charge in [-0.25, -0.2) is 0 Å². The van der Waals surface area contributed by atoms with E-state index in [2.05, 4.69) is 11.9 Å². The second kappa shape index (κ2) is 7.91. The van der Waals surface area contributed by atoms with E-state index in [1.807, 2.05) is 38.1 Å². The average molecular weight is 362 g/mol. The number of benzene rings is 2. The van der Waals surface area contributed by atoms with Crippen LogP contribution in [-0.2, 0) is 9.59 Å². The van der Waals surface area contributed by atoms with Gasteiger partial charge in [-0.05, 0) is 37.6 Å². The van der Waals surface area contributed by atoms with Gasteiger partial charge < -0.3 is 15.0 Å². The van der Waals surface area contributed by atoms with Crippen LogP contribution in [-0.4, -0.2) is 25.0 Å². The molecule has 0 unspecified atom stereocenters. The first-order valence-electron chi connectivity index (χ1n) is 8.70. The highest BCUT2D eigenvalue weighted by atomic mass is 16.5. The number of nitrogens with one attached hydrogen (secondary N) is 1. The molecule has 27 heavy (non-hydrogen) atoms. The van der Waals surface area contributed by atoms with E-state index < -0.39 is 0 Å². The molecule has 1 heterocycles. The second-order valence-electron chi connectivity index (χ2n) is 6.64. The topological polar surface area (TPSA) is 58.6 Å². The summed E-state index contributed by atoms with van der Waals surface area (Å²) in [6.07, 6.45) is 3.25. The molecule has 2 amide bonds. The van der Waals surface area contributed by atoms with Crippen molar-refractivity contribution in [1.29, 1.82) is 0 Å². The first-order valence-corrected chi connectivity index (χ1v) is 8.70. The van der Waals surface area contributed by atoms with Crippen LogP contribution < -0.4 is 15.0 Å².